The maximum atomic E-state index is 12.0. The molecule has 0 saturated carbocycles. The molecule has 0 heterocycles. The summed E-state index contributed by atoms with van der Waals surface area (Å²) in [5.41, 5.74) is -0.0146. The van der Waals surface area contributed by atoms with Crippen LogP contribution in [0.2, 0.25) is 0 Å². The monoisotopic (exact) mass is 351 g/mol. The highest BCUT2D eigenvalue weighted by Crippen LogP contribution is 2.29. The van der Waals surface area contributed by atoms with E-state index in [0.717, 1.165) is 0 Å². The summed E-state index contributed by atoms with van der Waals surface area (Å²) < 4.78 is 10.7. The third-order valence-electron chi connectivity index (χ3n) is 2.65. The molecule has 2 aromatic rings. The summed E-state index contributed by atoms with van der Waals surface area (Å²) in [7, 11) is 1.51. The number of carbonyl (C=O) groups excluding carboxylic acids is 1. The van der Waals surface area contributed by atoms with E-state index in [1.54, 1.807) is 12.1 Å². The van der Waals surface area contributed by atoms with E-state index in [1.807, 2.05) is 0 Å². The van der Waals surface area contributed by atoms with Gasteiger partial charge in [0.25, 0.3) is 0 Å². The predicted molar refractivity (Wildman–Crippen MR) is 78.7 cm³/mol. The van der Waals surface area contributed by atoms with Crippen LogP contribution in [0.4, 0.5) is 5.69 Å². The van der Waals surface area contributed by atoms with Crippen molar-refractivity contribution in [2.24, 2.45) is 0 Å². The van der Waals surface area contributed by atoms with Crippen LogP contribution < -0.4 is 9.47 Å². The molecule has 0 amide bonds. The van der Waals surface area contributed by atoms with E-state index >= 15 is 0 Å². The average molecular weight is 352 g/mol. The van der Waals surface area contributed by atoms with Crippen molar-refractivity contribution in [2.75, 3.05) is 7.11 Å². The lowest BCUT2D eigenvalue weighted by Gasteiger charge is -2.07. The summed E-state index contributed by atoms with van der Waals surface area (Å²) in [4.78, 5) is 22.3. The van der Waals surface area contributed by atoms with Crippen molar-refractivity contribution in [3.05, 3.63) is 62.6 Å². The van der Waals surface area contributed by atoms with E-state index in [4.69, 9.17) is 9.47 Å². The van der Waals surface area contributed by atoms with Crippen LogP contribution in [0.3, 0.4) is 0 Å². The van der Waals surface area contributed by atoms with Crippen molar-refractivity contribution >= 4 is 27.6 Å². The van der Waals surface area contributed by atoms with Crippen LogP contribution in [0, 0.1) is 10.1 Å². The smallest absolute Gasteiger partial charge is 0.343 e. The zero-order valence-corrected chi connectivity index (χ0v) is 12.5. The highest BCUT2D eigenvalue weighted by molar-refractivity contribution is 9.10. The standard InChI is InChI=1S/C14H10BrNO5/c1-20-12-7-6-9(8-10(12)15)14(17)21-13-5-3-2-4-11(13)16(18)19/h2-8H,1H3. The van der Waals surface area contributed by atoms with Crippen LogP contribution in [0.1, 0.15) is 10.4 Å². The van der Waals surface area contributed by atoms with E-state index in [9.17, 15) is 14.9 Å². The van der Waals surface area contributed by atoms with Crippen molar-refractivity contribution in [1.82, 2.24) is 0 Å². The van der Waals surface area contributed by atoms with Gasteiger partial charge in [0.05, 0.1) is 22.1 Å². The Morgan fingerprint density at radius 3 is 2.52 bits per heavy atom. The van der Waals surface area contributed by atoms with Crippen molar-refractivity contribution in [3.63, 3.8) is 0 Å². The summed E-state index contributed by atoms with van der Waals surface area (Å²) in [5.74, 6) is -0.218. The summed E-state index contributed by atoms with van der Waals surface area (Å²) in [5, 5.41) is 10.9. The number of rotatable bonds is 4. The number of nitro groups is 1. The quantitative estimate of drug-likeness (QED) is 0.364. The third kappa shape index (κ3) is 3.38. The topological polar surface area (TPSA) is 78.7 Å². The average Bonchev–Trinajstić information content (AvgIpc) is 2.47. The summed E-state index contributed by atoms with van der Waals surface area (Å²) in [6.45, 7) is 0. The molecule has 0 N–H and O–H groups in total. The van der Waals surface area contributed by atoms with Crippen LogP contribution >= 0.6 is 15.9 Å². The van der Waals surface area contributed by atoms with E-state index in [-0.39, 0.29) is 17.0 Å². The zero-order chi connectivity index (χ0) is 15.4. The first kappa shape index (κ1) is 15.0. The second-order valence-corrected chi connectivity index (χ2v) is 4.82. The van der Waals surface area contributed by atoms with Crippen LogP contribution in [-0.2, 0) is 0 Å². The minimum Gasteiger partial charge on any atom is -0.496 e. The van der Waals surface area contributed by atoms with Gasteiger partial charge in [-0.05, 0) is 40.2 Å². The molecule has 0 unspecified atom stereocenters. The number of nitro benzene ring substituents is 1. The molecule has 6 nitrogen and oxygen atoms in total. The maximum absolute atomic E-state index is 12.0. The normalized spacial score (nSPS) is 10.0. The molecule has 0 saturated heterocycles. The Balaban J connectivity index is 2.26. The molecule has 0 bridgehead atoms. The van der Waals surface area contributed by atoms with E-state index in [2.05, 4.69) is 15.9 Å². The fraction of sp³-hybridized carbons (Fsp3) is 0.0714. The van der Waals surface area contributed by atoms with Gasteiger partial charge in [0, 0.05) is 6.07 Å². The molecule has 0 fully saturated rings. The Labute approximate surface area is 128 Å². The van der Waals surface area contributed by atoms with Gasteiger partial charge >= 0.3 is 11.7 Å². The van der Waals surface area contributed by atoms with E-state index in [0.29, 0.717) is 10.2 Å². The molecule has 2 aromatic carbocycles. The summed E-state index contributed by atoms with van der Waals surface area (Å²) in [6, 6.07) is 10.3. The lowest BCUT2D eigenvalue weighted by molar-refractivity contribution is -0.385. The number of esters is 1. The first-order valence-corrected chi connectivity index (χ1v) is 6.61. The Bertz CT molecular complexity index is 702. The van der Waals surface area contributed by atoms with Crippen molar-refractivity contribution in [2.45, 2.75) is 0 Å². The molecular formula is C14H10BrNO5. The Kier molecular flexibility index (Phi) is 4.54. The molecule has 108 valence electrons. The van der Waals surface area contributed by atoms with Crippen LogP contribution in [0.15, 0.2) is 46.9 Å². The highest BCUT2D eigenvalue weighted by atomic mass is 79.9. The van der Waals surface area contributed by atoms with Crippen LogP contribution in [0.25, 0.3) is 0 Å². The second-order valence-electron chi connectivity index (χ2n) is 3.96. The molecule has 0 aliphatic heterocycles. The van der Waals surface area contributed by atoms with Gasteiger partial charge < -0.3 is 9.47 Å². The first-order chi connectivity index (χ1) is 10.0. The van der Waals surface area contributed by atoms with Gasteiger partial charge in [0.1, 0.15) is 5.75 Å². The lowest BCUT2D eigenvalue weighted by Crippen LogP contribution is -2.09. The van der Waals surface area contributed by atoms with Crippen LogP contribution in [0.5, 0.6) is 11.5 Å². The minimum absolute atomic E-state index is 0.0977. The maximum Gasteiger partial charge on any atom is 0.343 e. The number of carbonyl (C=O) groups is 1. The molecular weight excluding hydrogens is 342 g/mol. The van der Waals surface area contributed by atoms with E-state index in [1.165, 1.54) is 37.4 Å². The molecule has 7 heteroatoms. The predicted octanol–water partition coefficient (Wildman–Crippen LogP) is 3.59. The highest BCUT2D eigenvalue weighted by Gasteiger charge is 2.18. The fourth-order valence-corrected chi connectivity index (χ4v) is 2.19. The van der Waals surface area contributed by atoms with Gasteiger partial charge in [-0.1, -0.05) is 12.1 Å². The molecule has 2 rings (SSSR count). The lowest BCUT2D eigenvalue weighted by atomic mass is 10.2. The first-order valence-electron chi connectivity index (χ1n) is 5.82. The number of benzene rings is 2. The molecule has 0 atom stereocenters. The van der Waals surface area contributed by atoms with Gasteiger partial charge in [-0.3, -0.25) is 10.1 Å². The van der Waals surface area contributed by atoms with Crippen molar-refractivity contribution in [3.8, 4) is 11.5 Å². The van der Waals surface area contributed by atoms with Gasteiger partial charge in [-0.15, -0.1) is 0 Å². The van der Waals surface area contributed by atoms with Gasteiger partial charge in [0.15, 0.2) is 0 Å². The van der Waals surface area contributed by atoms with E-state index < -0.39 is 10.9 Å². The molecule has 0 aliphatic rings. The summed E-state index contributed by atoms with van der Waals surface area (Å²) >= 11 is 3.26. The SMILES string of the molecule is COc1ccc(C(=O)Oc2ccccc2[N+](=O)[O-])cc1Br. The number of hydrogen-bond acceptors (Lipinski definition) is 5. The number of methoxy groups -OCH3 is 1. The molecule has 0 radical (unpaired) electrons. The number of hydrogen-bond donors (Lipinski definition) is 0. The molecule has 21 heavy (non-hydrogen) atoms. The second kappa shape index (κ2) is 6.36. The Morgan fingerprint density at radius 1 is 1.19 bits per heavy atom. The molecule has 0 spiro atoms. The van der Waals surface area contributed by atoms with Gasteiger partial charge in [0.2, 0.25) is 5.75 Å². The number of nitrogens with zero attached hydrogens (tertiary/aromatic N) is 1. The Morgan fingerprint density at radius 2 is 1.90 bits per heavy atom. The number of para-hydroxylation sites is 2. The van der Waals surface area contributed by atoms with Crippen LogP contribution in [-0.4, -0.2) is 18.0 Å². The molecule has 0 aromatic heterocycles. The van der Waals surface area contributed by atoms with Crippen molar-refractivity contribution in [1.29, 1.82) is 0 Å². The number of ether oxygens (including phenoxy) is 2. The van der Waals surface area contributed by atoms with Gasteiger partial charge in [-0.2, -0.15) is 0 Å². The van der Waals surface area contributed by atoms with Crippen molar-refractivity contribution < 1.29 is 19.2 Å². The van der Waals surface area contributed by atoms with Gasteiger partial charge in [-0.25, -0.2) is 4.79 Å². The fourth-order valence-electron chi connectivity index (χ4n) is 1.65. The third-order valence-corrected chi connectivity index (χ3v) is 3.27. The largest absolute Gasteiger partial charge is 0.496 e. The molecule has 0 aliphatic carbocycles. The number of halogens is 1. The Hall–Kier alpha value is -2.41. The summed E-state index contributed by atoms with van der Waals surface area (Å²) in [6.07, 6.45) is 0. The zero-order valence-electron chi connectivity index (χ0n) is 10.9. The minimum atomic E-state index is -0.687.